The minimum absolute atomic E-state index is 0.746. The fourth-order valence-electron chi connectivity index (χ4n) is 2.18. The minimum atomic E-state index is 0.746. The van der Waals surface area contributed by atoms with Crippen LogP contribution in [0.4, 0.5) is 0 Å². The lowest BCUT2D eigenvalue weighted by atomic mass is 10.0. The first kappa shape index (κ1) is 14.9. The first-order valence-corrected chi connectivity index (χ1v) is 6.80. The van der Waals surface area contributed by atoms with Crippen LogP contribution in [-0.4, -0.2) is 76.9 Å². The first-order chi connectivity index (χ1) is 8.18. The Labute approximate surface area is 106 Å². The summed E-state index contributed by atoms with van der Waals surface area (Å²) in [5.41, 5.74) is 0. The molecule has 0 aromatic heterocycles. The molecule has 1 N–H and O–H groups in total. The average molecular weight is 243 g/mol. The highest BCUT2D eigenvalue weighted by Crippen LogP contribution is 2.13. The summed E-state index contributed by atoms with van der Waals surface area (Å²) < 4.78 is 5.50. The van der Waals surface area contributed by atoms with E-state index < -0.39 is 0 Å². The van der Waals surface area contributed by atoms with Gasteiger partial charge in [0.2, 0.25) is 0 Å². The van der Waals surface area contributed by atoms with Crippen LogP contribution in [0, 0.1) is 5.92 Å². The smallest absolute Gasteiger partial charge is 0.0506 e. The number of nitrogens with zero attached hydrogens (tertiary/aromatic N) is 2. The predicted octanol–water partition coefficient (Wildman–Crippen LogP) is 0.496. The van der Waals surface area contributed by atoms with E-state index in [-0.39, 0.29) is 0 Å². The van der Waals surface area contributed by atoms with Gasteiger partial charge < -0.3 is 19.9 Å². The van der Waals surface area contributed by atoms with Gasteiger partial charge in [0.15, 0.2) is 0 Å². The lowest BCUT2D eigenvalue weighted by Crippen LogP contribution is -2.36. The number of nitrogens with one attached hydrogen (secondary N) is 1. The van der Waals surface area contributed by atoms with Crippen LogP contribution in [0.25, 0.3) is 0 Å². The summed E-state index contributed by atoms with van der Waals surface area (Å²) in [6.45, 7) is 7.50. The number of rotatable bonds is 8. The molecule has 0 spiro atoms. The zero-order chi connectivity index (χ0) is 12.5. The van der Waals surface area contributed by atoms with Crippen molar-refractivity contribution in [2.45, 2.75) is 12.8 Å². The predicted molar refractivity (Wildman–Crippen MR) is 72.5 cm³/mol. The highest BCUT2D eigenvalue weighted by Gasteiger charge is 2.15. The molecule has 1 aliphatic heterocycles. The van der Waals surface area contributed by atoms with Gasteiger partial charge in [0.1, 0.15) is 0 Å². The van der Waals surface area contributed by atoms with E-state index in [9.17, 15) is 0 Å². The van der Waals surface area contributed by atoms with E-state index in [1.54, 1.807) is 0 Å². The van der Waals surface area contributed by atoms with Gasteiger partial charge >= 0.3 is 0 Å². The van der Waals surface area contributed by atoms with Gasteiger partial charge in [0, 0.05) is 39.3 Å². The third-order valence-electron chi connectivity index (χ3n) is 3.23. The van der Waals surface area contributed by atoms with Gasteiger partial charge in [-0.2, -0.15) is 0 Å². The fraction of sp³-hybridized carbons (Fsp3) is 1.00. The number of likely N-dealkylation sites (N-methyl/N-ethyl adjacent to an activating group) is 2. The molecule has 0 aromatic carbocycles. The Hall–Kier alpha value is -0.160. The van der Waals surface area contributed by atoms with Crippen LogP contribution in [0.1, 0.15) is 12.8 Å². The third kappa shape index (κ3) is 7.71. The van der Waals surface area contributed by atoms with Crippen molar-refractivity contribution < 1.29 is 4.74 Å². The van der Waals surface area contributed by atoms with Gasteiger partial charge in [0.05, 0.1) is 6.61 Å². The molecule has 0 bridgehead atoms. The molecule has 4 nitrogen and oxygen atoms in total. The van der Waals surface area contributed by atoms with Gasteiger partial charge in [0.25, 0.3) is 0 Å². The molecule has 1 fully saturated rings. The topological polar surface area (TPSA) is 27.7 Å². The molecule has 1 unspecified atom stereocenters. The second kappa shape index (κ2) is 8.86. The molecule has 4 heteroatoms. The summed E-state index contributed by atoms with van der Waals surface area (Å²) >= 11 is 0. The summed E-state index contributed by atoms with van der Waals surface area (Å²) in [6.07, 6.45) is 2.57. The maximum Gasteiger partial charge on any atom is 0.0506 e. The molecule has 0 aliphatic carbocycles. The third-order valence-corrected chi connectivity index (χ3v) is 3.23. The molecule has 1 saturated heterocycles. The van der Waals surface area contributed by atoms with Crippen molar-refractivity contribution in [1.82, 2.24) is 15.1 Å². The monoisotopic (exact) mass is 243 g/mol. The van der Waals surface area contributed by atoms with E-state index in [1.807, 2.05) is 0 Å². The van der Waals surface area contributed by atoms with Gasteiger partial charge in [-0.25, -0.2) is 0 Å². The van der Waals surface area contributed by atoms with Crippen LogP contribution >= 0.6 is 0 Å². The SMILES string of the molecule is CN(C)CCNCCN(C)CC1CCCOC1. The Morgan fingerprint density at radius 3 is 2.59 bits per heavy atom. The minimum Gasteiger partial charge on any atom is -0.381 e. The largest absolute Gasteiger partial charge is 0.381 e. The molecule has 0 radical (unpaired) electrons. The van der Waals surface area contributed by atoms with Gasteiger partial charge in [-0.1, -0.05) is 0 Å². The maximum atomic E-state index is 5.50. The molecule has 102 valence electrons. The maximum absolute atomic E-state index is 5.50. The van der Waals surface area contributed by atoms with E-state index in [2.05, 4.69) is 36.3 Å². The summed E-state index contributed by atoms with van der Waals surface area (Å²) in [4.78, 5) is 4.62. The van der Waals surface area contributed by atoms with Gasteiger partial charge in [-0.05, 0) is 39.9 Å². The van der Waals surface area contributed by atoms with Crippen LogP contribution in [0.5, 0.6) is 0 Å². The Balaban J connectivity index is 1.95. The Morgan fingerprint density at radius 2 is 1.94 bits per heavy atom. The zero-order valence-corrected chi connectivity index (χ0v) is 11.7. The standard InChI is InChI=1S/C13H29N3O/c1-15(2)8-6-14-7-9-16(3)11-13-5-4-10-17-12-13/h13-14H,4-12H2,1-3H3. The van der Waals surface area contributed by atoms with Crippen LogP contribution in [0.3, 0.4) is 0 Å². The highest BCUT2D eigenvalue weighted by molar-refractivity contribution is 4.67. The average Bonchev–Trinajstić information content (AvgIpc) is 2.29. The normalized spacial score (nSPS) is 21.4. The number of hydrogen-bond donors (Lipinski definition) is 1. The highest BCUT2D eigenvalue weighted by atomic mass is 16.5. The summed E-state index contributed by atoms with van der Waals surface area (Å²) in [5.74, 6) is 0.746. The van der Waals surface area contributed by atoms with Crippen LogP contribution in [0.15, 0.2) is 0 Å². The van der Waals surface area contributed by atoms with Gasteiger partial charge in [-0.15, -0.1) is 0 Å². The molecule has 17 heavy (non-hydrogen) atoms. The Kier molecular flexibility index (Phi) is 7.77. The molecule has 1 heterocycles. The molecular weight excluding hydrogens is 214 g/mol. The zero-order valence-electron chi connectivity index (χ0n) is 11.7. The fourth-order valence-corrected chi connectivity index (χ4v) is 2.18. The Bertz CT molecular complexity index is 182. The molecule has 0 aromatic rings. The van der Waals surface area contributed by atoms with E-state index in [0.717, 1.165) is 45.3 Å². The van der Waals surface area contributed by atoms with E-state index in [1.165, 1.54) is 19.4 Å². The van der Waals surface area contributed by atoms with Crippen LogP contribution in [-0.2, 0) is 4.74 Å². The summed E-state index contributed by atoms with van der Waals surface area (Å²) in [7, 11) is 6.43. The van der Waals surface area contributed by atoms with Crippen molar-refractivity contribution in [2.24, 2.45) is 5.92 Å². The lowest BCUT2D eigenvalue weighted by Gasteiger charge is -2.27. The molecule has 0 saturated carbocycles. The van der Waals surface area contributed by atoms with Crippen molar-refractivity contribution in [1.29, 1.82) is 0 Å². The summed E-state index contributed by atoms with van der Waals surface area (Å²) in [6, 6.07) is 0. The molecule has 0 amide bonds. The van der Waals surface area contributed by atoms with Crippen LogP contribution in [0.2, 0.25) is 0 Å². The van der Waals surface area contributed by atoms with E-state index >= 15 is 0 Å². The number of hydrogen-bond acceptors (Lipinski definition) is 4. The van der Waals surface area contributed by atoms with Crippen molar-refractivity contribution in [3.63, 3.8) is 0 Å². The van der Waals surface area contributed by atoms with Crippen molar-refractivity contribution >= 4 is 0 Å². The van der Waals surface area contributed by atoms with Crippen molar-refractivity contribution in [3.8, 4) is 0 Å². The lowest BCUT2D eigenvalue weighted by molar-refractivity contribution is 0.0422. The second-order valence-corrected chi connectivity index (χ2v) is 5.40. The molecule has 1 atom stereocenters. The van der Waals surface area contributed by atoms with Crippen molar-refractivity contribution in [3.05, 3.63) is 0 Å². The quantitative estimate of drug-likeness (QED) is 0.628. The van der Waals surface area contributed by atoms with Crippen molar-refractivity contribution in [2.75, 3.05) is 67.1 Å². The van der Waals surface area contributed by atoms with Crippen LogP contribution < -0.4 is 5.32 Å². The van der Waals surface area contributed by atoms with E-state index in [4.69, 9.17) is 4.74 Å². The summed E-state index contributed by atoms with van der Waals surface area (Å²) in [5, 5.41) is 3.47. The Morgan fingerprint density at radius 1 is 1.18 bits per heavy atom. The molecule has 1 aliphatic rings. The molecular formula is C13H29N3O. The molecule has 1 rings (SSSR count). The first-order valence-electron chi connectivity index (χ1n) is 6.80. The van der Waals surface area contributed by atoms with Gasteiger partial charge in [-0.3, -0.25) is 0 Å². The second-order valence-electron chi connectivity index (χ2n) is 5.40. The number of ether oxygens (including phenoxy) is 1. The van der Waals surface area contributed by atoms with E-state index in [0.29, 0.717) is 0 Å².